The molecular formula is C23H30N2O. The molecule has 0 N–H and O–H groups in total. The molecule has 0 amide bonds. The molecule has 0 radical (unpaired) electrons. The third-order valence-corrected chi connectivity index (χ3v) is 3.42. The van der Waals surface area contributed by atoms with E-state index < -0.39 is 0 Å². The van der Waals surface area contributed by atoms with E-state index in [-0.39, 0.29) is 0 Å². The summed E-state index contributed by atoms with van der Waals surface area (Å²) < 4.78 is 5.66. The molecule has 138 valence electrons. The Morgan fingerprint density at radius 1 is 0.808 bits per heavy atom. The molecule has 0 bridgehead atoms. The van der Waals surface area contributed by atoms with E-state index in [0.29, 0.717) is 18.2 Å². The predicted octanol–water partition coefficient (Wildman–Crippen LogP) is 6.50. The van der Waals surface area contributed by atoms with Crippen LogP contribution in [0.4, 0.5) is 0 Å². The highest BCUT2D eigenvalue weighted by molar-refractivity contribution is 5.66. The smallest absolute Gasteiger partial charge is 0.240 e. The van der Waals surface area contributed by atoms with Gasteiger partial charge in [0.25, 0.3) is 0 Å². The Kier molecular flexibility index (Phi) is 9.70. The fourth-order valence-electron chi connectivity index (χ4n) is 2.23. The van der Waals surface area contributed by atoms with Crippen LogP contribution in [0.2, 0.25) is 0 Å². The van der Waals surface area contributed by atoms with Gasteiger partial charge < -0.3 is 4.42 Å². The van der Waals surface area contributed by atoms with E-state index in [9.17, 15) is 0 Å². The van der Waals surface area contributed by atoms with Crippen molar-refractivity contribution >= 4 is 12.2 Å². The summed E-state index contributed by atoms with van der Waals surface area (Å²) in [7, 11) is 0. The Balaban J connectivity index is 0.000000791. The van der Waals surface area contributed by atoms with Gasteiger partial charge in [-0.05, 0) is 31.1 Å². The molecule has 0 atom stereocenters. The third kappa shape index (κ3) is 7.06. The van der Waals surface area contributed by atoms with Crippen LogP contribution >= 0.6 is 0 Å². The van der Waals surface area contributed by atoms with Gasteiger partial charge in [0, 0.05) is 6.08 Å². The molecule has 1 heterocycles. The van der Waals surface area contributed by atoms with Crippen molar-refractivity contribution in [2.24, 2.45) is 0 Å². The van der Waals surface area contributed by atoms with Gasteiger partial charge in [0.2, 0.25) is 11.8 Å². The second kappa shape index (κ2) is 11.8. The zero-order valence-corrected chi connectivity index (χ0v) is 16.8. The largest absolute Gasteiger partial charge is 0.421 e. The summed E-state index contributed by atoms with van der Waals surface area (Å²) in [4.78, 5) is 0. The van der Waals surface area contributed by atoms with Gasteiger partial charge in [-0.1, -0.05) is 87.4 Å². The Bertz CT molecular complexity index is 786. The van der Waals surface area contributed by atoms with E-state index in [1.165, 1.54) is 16.7 Å². The molecular weight excluding hydrogens is 320 g/mol. The molecule has 0 saturated heterocycles. The van der Waals surface area contributed by atoms with E-state index in [0.717, 1.165) is 5.56 Å². The normalized spacial score (nSPS) is 9.92. The minimum absolute atomic E-state index is 0.531. The van der Waals surface area contributed by atoms with Crippen molar-refractivity contribution in [3.05, 3.63) is 82.6 Å². The average Bonchev–Trinajstić information content (AvgIpc) is 3.13. The van der Waals surface area contributed by atoms with Crippen molar-refractivity contribution in [3.63, 3.8) is 0 Å². The maximum absolute atomic E-state index is 5.66. The highest BCUT2D eigenvalue weighted by Gasteiger charge is 2.04. The summed E-state index contributed by atoms with van der Waals surface area (Å²) >= 11 is 0. The first-order chi connectivity index (χ1) is 12.7. The minimum Gasteiger partial charge on any atom is -0.421 e. The lowest BCUT2D eigenvalue weighted by Gasteiger charge is -1.97. The summed E-state index contributed by atoms with van der Waals surface area (Å²) in [6.45, 7) is 12.1. The molecule has 26 heavy (non-hydrogen) atoms. The fourth-order valence-corrected chi connectivity index (χ4v) is 2.23. The van der Waals surface area contributed by atoms with Crippen LogP contribution in [0.15, 0.2) is 52.9 Å². The quantitative estimate of drug-likeness (QED) is 0.539. The Labute approximate surface area is 157 Å². The van der Waals surface area contributed by atoms with E-state index in [4.69, 9.17) is 4.42 Å². The van der Waals surface area contributed by atoms with Crippen molar-refractivity contribution in [1.82, 2.24) is 10.2 Å². The summed E-state index contributed by atoms with van der Waals surface area (Å²) in [6, 6.07) is 16.6. The van der Waals surface area contributed by atoms with Gasteiger partial charge in [-0.15, -0.1) is 10.2 Å². The third-order valence-electron chi connectivity index (χ3n) is 3.42. The van der Waals surface area contributed by atoms with Crippen molar-refractivity contribution in [2.75, 3.05) is 0 Å². The van der Waals surface area contributed by atoms with Crippen LogP contribution in [-0.4, -0.2) is 10.2 Å². The minimum atomic E-state index is 0.531. The van der Waals surface area contributed by atoms with Gasteiger partial charge in [0.1, 0.15) is 0 Å². The number of hydrogen-bond acceptors (Lipinski definition) is 3. The highest BCUT2D eigenvalue weighted by atomic mass is 16.4. The van der Waals surface area contributed by atoms with Crippen LogP contribution in [0.1, 0.15) is 61.7 Å². The standard InChI is InChI=1S/C19H18N2O.2C2H6/c1-14-6-8-17(9-7-14)13-19-21-20-18(22-19)11-10-16-5-3-4-15(2)12-16;2*1-2/h3-12H,13H2,1-2H3;2*1-2H3/b11-10+;;. The lowest BCUT2D eigenvalue weighted by molar-refractivity contribution is 0.496. The van der Waals surface area contributed by atoms with Crippen LogP contribution in [0.25, 0.3) is 12.2 Å². The molecule has 0 fully saturated rings. The molecule has 2 aromatic carbocycles. The zero-order chi connectivity index (χ0) is 19.4. The Hall–Kier alpha value is -2.68. The van der Waals surface area contributed by atoms with Crippen LogP contribution in [0, 0.1) is 13.8 Å². The first-order valence-electron chi connectivity index (χ1n) is 9.32. The van der Waals surface area contributed by atoms with Crippen LogP contribution < -0.4 is 0 Å². The highest BCUT2D eigenvalue weighted by Crippen LogP contribution is 2.12. The average molecular weight is 351 g/mol. The Morgan fingerprint density at radius 2 is 1.50 bits per heavy atom. The van der Waals surface area contributed by atoms with Crippen molar-refractivity contribution in [1.29, 1.82) is 0 Å². The molecule has 0 saturated carbocycles. The number of benzene rings is 2. The second-order valence-electron chi connectivity index (χ2n) is 5.44. The molecule has 0 unspecified atom stereocenters. The van der Waals surface area contributed by atoms with Gasteiger partial charge >= 0.3 is 0 Å². The fraction of sp³-hybridized carbons (Fsp3) is 0.304. The number of rotatable bonds is 4. The molecule has 3 nitrogen and oxygen atoms in total. The Morgan fingerprint density at radius 3 is 2.15 bits per heavy atom. The maximum atomic E-state index is 5.66. The zero-order valence-electron chi connectivity index (χ0n) is 16.8. The van der Waals surface area contributed by atoms with E-state index in [1.807, 2.05) is 52.0 Å². The summed E-state index contributed by atoms with van der Waals surface area (Å²) in [6.07, 6.45) is 4.49. The van der Waals surface area contributed by atoms with Crippen molar-refractivity contribution in [2.45, 2.75) is 48.0 Å². The van der Waals surface area contributed by atoms with E-state index in [2.05, 4.69) is 60.4 Å². The first-order valence-corrected chi connectivity index (χ1v) is 9.32. The van der Waals surface area contributed by atoms with Gasteiger partial charge in [-0.2, -0.15) is 0 Å². The lowest BCUT2D eigenvalue weighted by atomic mass is 10.1. The number of aromatic nitrogens is 2. The van der Waals surface area contributed by atoms with Crippen LogP contribution in [0.3, 0.4) is 0 Å². The summed E-state index contributed by atoms with van der Waals surface area (Å²) in [5, 5.41) is 8.16. The first kappa shape index (κ1) is 21.4. The SMILES string of the molecule is CC.CC.Cc1ccc(Cc2nnc(/C=C/c3cccc(C)c3)o2)cc1. The number of aryl methyl sites for hydroxylation is 2. The molecule has 0 aliphatic rings. The number of nitrogens with zero attached hydrogens (tertiary/aromatic N) is 2. The van der Waals surface area contributed by atoms with Gasteiger partial charge in [0.05, 0.1) is 6.42 Å². The van der Waals surface area contributed by atoms with E-state index in [1.54, 1.807) is 0 Å². The molecule has 3 aromatic rings. The molecule has 0 aliphatic heterocycles. The van der Waals surface area contributed by atoms with Crippen molar-refractivity contribution < 1.29 is 4.42 Å². The molecule has 3 heteroatoms. The van der Waals surface area contributed by atoms with Crippen LogP contribution in [-0.2, 0) is 6.42 Å². The molecule has 3 rings (SSSR count). The molecule has 1 aromatic heterocycles. The van der Waals surface area contributed by atoms with Crippen LogP contribution in [0.5, 0.6) is 0 Å². The van der Waals surface area contributed by atoms with Crippen molar-refractivity contribution in [3.8, 4) is 0 Å². The molecule has 0 aliphatic carbocycles. The van der Waals surface area contributed by atoms with Gasteiger partial charge in [-0.3, -0.25) is 0 Å². The van der Waals surface area contributed by atoms with Gasteiger partial charge in [-0.25, -0.2) is 0 Å². The topological polar surface area (TPSA) is 38.9 Å². The maximum Gasteiger partial charge on any atom is 0.240 e. The predicted molar refractivity (Wildman–Crippen MR) is 111 cm³/mol. The van der Waals surface area contributed by atoms with E-state index >= 15 is 0 Å². The molecule has 0 spiro atoms. The summed E-state index contributed by atoms with van der Waals surface area (Å²) in [5.74, 6) is 1.16. The summed E-state index contributed by atoms with van der Waals surface area (Å²) in [5.41, 5.74) is 4.77. The lowest BCUT2D eigenvalue weighted by Crippen LogP contribution is -1.88. The number of hydrogen-bond donors (Lipinski definition) is 0. The van der Waals surface area contributed by atoms with Gasteiger partial charge in [0.15, 0.2) is 0 Å². The monoisotopic (exact) mass is 350 g/mol. The second-order valence-corrected chi connectivity index (χ2v) is 5.44.